The van der Waals surface area contributed by atoms with Crippen molar-refractivity contribution in [3.8, 4) is 0 Å². The summed E-state index contributed by atoms with van der Waals surface area (Å²) < 4.78 is 33.4. The lowest BCUT2D eigenvalue weighted by Crippen LogP contribution is -2.30. The van der Waals surface area contributed by atoms with Crippen LogP contribution in [0.25, 0.3) is 0 Å². The van der Waals surface area contributed by atoms with Crippen LogP contribution in [0.15, 0.2) is 77.0 Å². The standard InChI is InChI=1S/C19H17NO4S2/c1-24-19(21)18-16(12-13-25-18)26(22,23)20-17(14-8-4-2-5-9-14)15-10-6-3-7-11-15/h2-13,17,20H,1H3. The van der Waals surface area contributed by atoms with Gasteiger partial charge < -0.3 is 4.74 Å². The maximum absolute atomic E-state index is 13.0. The van der Waals surface area contributed by atoms with Gasteiger partial charge in [0.25, 0.3) is 0 Å². The van der Waals surface area contributed by atoms with Crippen LogP contribution in [0, 0.1) is 0 Å². The molecule has 0 fully saturated rings. The van der Waals surface area contributed by atoms with Gasteiger partial charge in [0.1, 0.15) is 9.77 Å². The van der Waals surface area contributed by atoms with E-state index in [9.17, 15) is 13.2 Å². The summed E-state index contributed by atoms with van der Waals surface area (Å²) in [4.78, 5) is 11.8. The lowest BCUT2D eigenvalue weighted by molar-refractivity contribution is 0.0602. The van der Waals surface area contributed by atoms with Gasteiger partial charge >= 0.3 is 5.97 Å². The fourth-order valence-electron chi connectivity index (χ4n) is 2.59. The first kappa shape index (κ1) is 18.3. The van der Waals surface area contributed by atoms with Crippen LogP contribution in [0.3, 0.4) is 0 Å². The van der Waals surface area contributed by atoms with Gasteiger partial charge in [-0.05, 0) is 22.6 Å². The molecule has 5 nitrogen and oxygen atoms in total. The Labute approximate surface area is 156 Å². The first-order valence-corrected chi connectivity index (χ1v) is 10.2. The van der Waals surface area contributed by atoms with Crippen molar-refractivity contribution < 1.29 is 17.9 Å². The molecule has 0 saturated heterocycles. The van der Waals surface area contributed by atoms with Crippen LogP contribution in [0.4, 0.5) is 0 Å². The molecule has 1 heterocycles. The van der Waals surface area contributed by atoms with Gasteiger partial charge in [-0.25, -0.2) is 13.2 Å². The van der Waals surface area contributed by atoms with Gasteiger partial charge in [0.2, 0.25) is 10.0 Å². The van der Waals surface area contributed by atoms with E-state index in [4.69, 9.17) is 0 Å². The fourth-order valence-corrected chi connectivity index (χ4v) is 5.14. The summed E-state index contributed by atoms with van der Waals surface area (Å²) in [5.41, 5.74) is 1.61. The van der Waals surface area contributed by atoms with Gasteiger partial charge in [0.05, 0.1) is 13.2 Å². The number of hydrogen-bond donors (Lipinski definition) is 1. The maximum Gasteiger partial charge on any atom is 0.349 e. The molecule has 26 heavy (non-hydrogen) atoms. The molecule has 0 aliphatic rings. The SMILES string of the molecule is COC(=O)c1sccc1S(=O)(=O)NC(c1ccccc1)c1ccccc1. The zero-order valence-electron chi connectivity index (χ0n) is 14.0. The van der Waals surface area contributed by atoms with E-state index < -0.39 is 22.0 Å². The summed E-state index contributed by atoms with van der Waals surface area (Å²) in [6, 6.07) is 19.4. The van der Waals surface area contributed by atoms with Crippen molar-refractivity contribution in [3.05, 3.63) is 88.1 Å². The third kappa shape index (κ3) is 3.85. The first-order valence-electron chi connectivity index (χ1n) is 7.81. The summed E-state index contributed by atoms with van der Waals surface area (Å²) in [6.45, 7) is 0. The van der Waals surface area contributed by atoms with Crippen molar-refractivity contribution in [1.82, 2.24) is 4.72 Å². The molecular weight excluding hydrogens is 370 g/mol. The molecule has 0 aliphatic carbocycles. The second-order valence-corrected chi connectivity index (χ2v) is 8.08. The number of esters is 1. The number of methoxy groups -OCH3 is 1. The molecule has 0 unspecified atom stereocenters. The van der Waals surface area contributed by atoms with Crippen LogP contribution in [0.1, 0.15) is 26.8 Å². The van der Waals surface area contributed by atoms with Gasteiger partial charge in [-0.3, -0.25) is 0 Å². The van der Waals surface area contributed by atoms with Crippen molar-refractivity contribution in [2.24, 2.45) is 0 Å². The minimum atomic E-state index is -3.94. The number of nitrogens with one attached hydrogen (secondary N) is 1. The van der Waals surface area contributed by atoms with E-state index in [0.717, 1.165) is 22.5 Å². The van der Waals surface area contributed by atoms with Gasteiger partial charge in [-0.15, -0.1) is 11.3 Å². The van der Waals surface area contributed by atoms with E-state index in [2.05, 4.69) is 9.46 Å². The second kappa shape index (κ2) is 7.82. The molecule has 0 bridgehead atoms. The minimum absolute atomic E-state index is 0.0554. The fraction of sp³-hybridized carbons (Fsp3) is 0.105. The highest BCUT2D eigenvalue weighted by Gasteiger charge is 2.28. The largest absolute Gasteiger partial charge is 0.465 e. The molecule has 0 aliphatic heterocycles. The number of carbonyl (C=O) groups is 1. The Morgan fingerprint density at radius 3 is 2.00 bits per heavy atom. The lowest BCUT2D eigenvalue weighted by atomic mass is 10.00. The highest BCUT2D eigenvalue weighted by molar-refractivity contribution is 7.89. The van der Waals surface area contributed by atoms with Crippen molar-refractivity contribution >= 4 is 27.3 Å². The highest BCUT2D eigenvalue weighted by Crippen LogP contribution is 2.28. The van der Waals surface area contributed by atoms with Crippen molar-refractivity contribution in [2.45, 2.75) is 10.9 Å². The molecule has 1 aromatic heterocycles. The smallest absolute Gasteiger partial charge is 0.349 e. The number of benzene rings is 2. The molecule has 0 radical (unpaired) electrons. The zero-order valence-corrected chi connectivity index (χ0v) is 15.6. The van der Waals surface area contributed by atoms with Gasteiger partial charge in [-0.2, -0.15) is 4.72 Å². The Morgan fingerprint density at radius 1 is 0.962 bits per heavy atom. The first-order chi connectivity index (χ1) is 12.5. The van der Waals surface area contributed by atoms with E-state index in [1.807, 2.05) is 60.7 Å². The third-order valence-corrected chi connectivity index (χ3v) is 6.32. The zero-order chi connectivity index (χ0) is 18.6. The molecule has 134 valence electrons. The summed E-state index contributed by atoms with van der Waals surface area (Å²) >= 11 is 1.03. The maximum atomic E-state index is 13.0. The van der Waals surface area contributed by atoms with Crippen LogP contribution >= 0.6 is 11.3 Å². The number of thiophene rings is 1. The molecule has 2 aromatic carbocycles. The Bertz CT molecular complexity index is 943. The molecule has 0 amide bonds. The molecule has 3 rings (SSSR count). The minimum Gasteiger partial charge on any atom is -0.465 e. The Hall–Kier alpha value is -2.48. The molecule has 0 saturated carbocycles. The van der Waals surface area contributed by atoms with Crippen LogP contribution in [0.5, 0.6) is 0 Å². The van der Waals surface area contributed by atoms with Crippen LogP contribution in [-0.4, -0.2) is 21.5 Å². The summed E-state index contributed by atoms with van der Waals surface area (Å²) in [7, 11) is -2.71. The number of rotatable bonds is 6. The monoisotopic (exact) mass is 387 g/mol. The van der Waals surface area contributed by atoms with Gasteiger partial charge in [0.15, 0.2) is 0 Å². The molecule has 3 aromatic rings. The highest BCUT2D eigenvalue weighted by atomic mass is 32.2. The van der Waals surface area contributed by atoms with Crippen molar-refractivity contribution in [2.75, 3.05) is 7.11 Å². The predicted molar refractivity (Wildman–Crippen MR) is 101 cm³/mol. The number of hydrogen-bond acceptors (Lipinski definition) is 5. The summed E-state index contributed by atoms with van der Waals surface area (Å²) in [5, 5.41) is 1.56. The lowest BCUT2D eigenvalue weighted by Gasteiger charge is -2.20. The van der Waals surface area contributed by atoms with Crippen molar-refractivity contribution in [3.63, 3.8) is 0 Å². The molecule has 0 atom stereocenters. The van der Waals surface area contributed by atoms with Crippen LogP contribution in [-0.2, 0) is 14.8 Å². The summed E-state index contributed by atoms with van der Waals surface area (Å²) in [6.07, 6.45) is 0. The van der Waals surface area contributed by atoms with E-state index in [0.29, 0.717) is 0 Å². The van der Waals surface area contributed by atoms with E-state index in [1.54, 1.807) is 5.38 Å². The topological polar surface area (TPSA) is 72.5 Å². The van der Waals surface area contributed by atoms with E-state index >= 15 is 0 Å². The molecule has 0 spiro atoms. The Balaban J connectivity index is 2.02. The van der Waals surface area contributed by atoms with E-state index in [-0.39, 0.29) is 9.77 Å². The van der Waals surface area contributed by atoms with Crippen LogP contribution < -0.4 is 4.72 Å². The molecule has 1 N–H and O–H groups in total. The predicted octanol–water partition coefficient (Wildman–Crippen LogP) is 3.60. The third-order valence-electron chi connectivity index (χ3n) is 3.83. The molecular formula is C19H17NO4S2. The van der Waals surface area contributed by atoms with Gasteiger partial charge in [0, 0.05) is 0 Å². The van der Waals surface area contributed by atoms with E-state index in [1.165, 1.54) is 13.2 Å². The molecule has 7 heteroatoms. The normalized spacial score (nSPS) is 11.5. The Kier molecular flexibility index (Phi) is 5.51. The van der Waals surface area contributed by atoms with Crippen molar-refractivity contribution in [1.29, 1.82) is 0 Å². The Morgan fingerprint density at radius 2 is 1.50 bits per heavy atom. The average molecular weight is 387 g/mol. The number of ether oxygens (including phenoxy) is 1. The average Bonchev–Trinajstić information content (AvgIpc) is 3.18. The quantitative estimate of drug-likeness (QED) is 0.656. The second-order valence-electron chi connectivity index (χ2n) is 5.48. The number of carbonyl (C=O) groups excluding carboxylic acids is 1. The van der Waals surface area contributed by atoms with Crippen LogP contribution in [0.2, 0.25) is 0 Å². The summed E-state index contributed by atoms with van der Waals surface area (Å²) in [5.74, 6) is -0.670. The van der Waals surface area contributed by atoms with Gasteiger partial charge in [-0.1, -0.05) is 60.7 Å². The number of sulfonamides is 1.